The average molecular weight is 614 g/mol. The van der Waals surface area contributed by atoms with Crippen LogP contribution in [-0.2, 0) is 26.2 Å². The molecule has 9 heteroatoms. The molecule has 8 nitrogen and oxygen atoms in total. The maximum absolute atomic E-state index is 14.1. The molecule has 0 saturated carbocycles. The van der Waals surface area contributed by atoms with Gasteiger partial charge < -0.3 is 15.0 Å². The molecule has 4 aromatic carbocycles. The number of benzene rings is 4. The van der Waals surface area contributed by atoms with Crippen LogP contribution in [0.5, 0.6) is 11.5 Å². The van der Waals surface area contributed by atoms with Crippen LogP contribution in [-0.4, -0.2) is 44.3 Å². The molecule has 0 aliphatic carbocycles. The van der Waals surface area contributed by atoms with E-state index in [0.717, 1.165) is 15.4 Å². The van der Waals surface area contributed by atoms with Gasteiger partial charge in [0.15, 0.2) is 0 Å². The van der Waals surface area contributed by atoms with E-state index in [0.29, 0.717) is 18.0 Å². The van der Waals surface area contributed by atoms with E-state index in [2.05, 4.69) is 5.32 Å². The SMILES string of the molecule is Cc1ccc(CN(C(=O)CN(c2ccc(Oc3ccccc3)cc2)S(=O)(=O)c2ccccc2)[C@@H](C)C(=O)NCC(C)C)cc1. The summed E-state index contributed by atoms with van der Waals surface area (Å²) in [5, 5.41) is 2.90. The monoisotopic (exact) mass is 613 g/mol. The lowest BCUT2D eigenvalue weighted by molar-refractivity contribution is -0.139. The van der Waals surface area contributed by atoms with Crippen molar-refractivity contribution in [3.63, 3.8) is 0 Å². The summed E-state index contributed by atoms with van der Waals surface area (Å²) in [6, 6.07) is 30.6. The van der Waals surface area contributed by atoms with Crippen LogP contribution >= 0.6 is 0 Å². The van der Waals surface area contributed by atoms with Crippen molar-refractivity contribution in [1.29, 1.82) is 0 Å². The molecule has 0 bridgehead atoms. The number of sulfonamides is 1. The van der Waals surface area contributed by atoms with Crippen LogP contribution in [0.2, 0.25) is 0 Å². The van der Waals surface area contributed by atoms with Crippen molar-refractivity contribution in [2.45, 2.75) is 45.2 Å². The molecule has 44 heavy (non-hydrogen) atoms. The second-order valence-electron chi connectivity index (χ2n) is 11.1. The number of ether oxygens (including phenoxy) is 1. The molecule has 0 aliphatic heterocycles. The summed E-state index contributed by atoms with van der Waals surface area (Å²) in [7, 11) is -4.16. The number of rotatable bonds is 13. The topological polar surface area (TPSA) is 96.0 Å². The molecule has 0 aliphatic rings. The van der Waals surface area contributed by atoms with Crippen molar-refractivity contribution in [2.75, 3.05) is 17.4 Å². The molecule has 230 valence electrons. The number of hydrogen-bond acceptors (Lipinski definition) is 5. The van der Waals surface area contributed by atoms with E-state index in [1.165, 1.54) is 17.0 Å². The largest absolute Gasteiger partial charge is 0.457 e. The minimum atomic E-state index is -4.16. The van der Waals surface area contributed by atoms with Crippen molar-refractivity contribution in [2.24, 2.45) is 5.92 Å². The predicted octanol–water partition coefficient (Wildman–Crippen LogP) is 6.17. The lowest BCUT2D eigenvalue weighted by Gasteiger charge is -2.32. The fraction of sp³-hybridized carbons (Fsp3) is 0.257. The van der Waals surface area contributed by atoms with E-state index in [4.69, 9.17) is 4.74 Å². The van der Waals surface area contributed by atoms with Gasteiger partial charge in [-0.3, -0.25) is 13.9 Å². The molecule has 4 aromatic rings. The molecular formula is C35H39N3O5S. The van der Waals surface area contributed by atoms with Gasteiger partial charge in [0.05, 0.1) is 10.6 Å². The number of aryl methyl sites for hydroxylation is 1. The van der Waals surface area contributed by atoms with Crippen LogP contribution in [0.15, 0.2) is 114 Å². The summed E-state index contributed by atoms with van der Waals surface area (Å²) in [6.07, 6.45) is 0. The summed E-state index contributed by atoms with van der Waals surface area (Å²) >= 11 is 0. The van der Waals surface area contributed by atoms with Gasteiger partial charge in [-0.25, -0.2) is 8.42 Å². The lowest BCUT2D eigenvalue weighted by atomic mass is 10.1. The number of anilines is 1. The maximum atomic E-state index is 14.1. The van der Waals surface area contributed by atoms with Crippen molar-refractivity contribution >= 4 is 27.5 Å². The van der Waals surface area contributed by atoms with E-state index in [1.54, 1.807) is 49.4 Å². The van der Waals surface area contributed by atoms with Crippen LogP contribution in [0.4, 0.5) is 5.69 Å². The molecular weight excluding hydrogens is 574 g/mol. The Balaban J connectivity index is 1.67. The van der Waals surface area contributed by atoms with Gasteiger partial charge in [0.25, 0.3) is 10.0 Å². The third kappa shape index (κ3) is 8.48. The summed E-state index contributed by atoms with van der Waals surface area (Å²) in [4.78, 5) is 28.7. The van der Waals surface area contributed by atoms with Gasteiger partial charge in [0, 0.05) is 13.1 Å². The van der Waals surface area contributed by atoms with Gasteiger partial charge in [0.2, 0.25) is 11.8 Å². The van der Waals surface area contributed by atoms with Crippen LogP contribution in [0.1, 0.15) is 31.9 Å². The zero-order chi connectivity index (χ0) is 31.7. The number of hydrogen-bond donors (Lipinski definition) is 1. The normalized spacial score (nSPS) is 11.9. The van der Waals surface area contributed by atoms with Gasteiger partial charge in [0.1, 0.15) is 24.1 Å². The Hall–Kier alpha value is -4.63. The number of amides is 2. The van der Waals surface area contributed by atoms with E-state index < -0.39 is 28.5 Å². The van der Waals surface area contributed by atoms with Gasteiger partial charge in [-0.1, -0.05) is 80.1 Å². The van der Waals surface area contributed by atoms with Crippen LogP contribution in [0.25, 0.3) is 0 Å². The number of nitrogens with zero attached hydrogens (tertiary/aromatic N) is 2. The predicted molar refractivity (Wildman–Crippen MR) is 173 cm³/mol. The number of carbonyl (C=O) groups is 2. The Kier molecular flexibility index (Phi) is 10.8. The van der Waals surface area contributed by atoms with Crippen molar-refractivity contribution in [3.05, 3.63) is 120 Å². The Morgan fingerprint density at radius 2 is 1.34 bits per heavy atom. The Morgan fingerprint density at radius 1 is 0.773 bits per heavy atom. The molecule has 0 fully saturated rings. The fourth-order valence-corrected chi connectivity index (χ4v) is 5.91. The van der Waals surface area contributed by atoms with Gasteiger partial charge in [-0.05, 0) is 73.9 Å². The average Bonchev–Trinajstić information content (AvgIpc) is 3.03. The van der Waals surface area contributed by atoms with Gasteiger partial charge in [-0.2, -0.15) is 0 Å². The first-order chi connectivity index (χ1) is 21.0. The first-order valence-corrected chi connectivity index (χ1v) is 16.0. The molecule has 0 unspecified atom stereocenters. The third-order valence-corrected chi connectivity index (χ3v) is 8.83. The molecule has 0 radical (unpaired) electrons. The molecule has 1 N–H and O–H groups in total. The summed E-state index contributed by atoms with van der Waals surface area (Å²) in [5.74, 6) is 0.564. The third-order valence-electron chi connectivity index (χ3n) is 7.04. The molecule has 0 saturated heterocycles. The number of nitrogens with one attached hydrogen (secondary N) is 1. The zero-order valence-electron chi connectivity index (χ0n) is 25.5. The lowest BCUT2D eigenvalue weighted by Crippen LogP contribution is -2.51. The Morgan fingerprint density at radius 3 is 1.93 bits per heavy atom. The van der Waals surface area contributed by atoms with Crippen molar-refractivity contribution < 1.29 is 22.7 Å². The van der Waals surface area contributed by atoms with Gasteiger partial charge >= 0.3 is 0 Å². The van der Waals surface area contributed by atoms with E-state index in [1.807, 2.05) is 75.4 Å². The van der Waals surface area contributed by atoms with E-state index in [-0.39, 0.29) is 29.0 Å². The maximum Gasteiger partial charge on any atom is 0.264 e. The molecule has 0 aromatic heterocycles. The van der Waals surface area contributed by atoms with Crippen molar-refractivity contribution in [3.8, 4) is 11.5 Å². The smallest absolute Gasteiger partial charge is 0.264 e. The highest BCUT2D eigenvalue weighted by molar-refractivity contribution is 7.92. The Bertz CT molecular complexity index is 1630. The summed E-state index contributed by atoms with van der Waals surface area (Å²) in [6.45, 7) is 7.69. The number of carbonyl (C=O) groups excluding carboxylic acids is 2. The second kappa shape index (κ2) is 14.7. The first kappa shape index (κ1) is 32.3. The molecule has 4 rings (SSSR count). The molecule has 2 amide bonds. The standard InChI is InChI=1S/C35H39N3O5S/c1-26(2)23-36-35(40)28(4)37(24-29-17-15-27(3)16-18-29)34(39)25-38(44(41,42)33-13-9-6-10-14-33)30-19-21-32(22-20-30)43-31-11-7-5-8-12-31/h5-22,26,28H,23-25H2,1-4H3,(H,36,40)/t28-/m0/s1. The highest BCUT2D eigenvalue weighted by Gasteiger charge is 2.32. The zero-order valence-corrected chi connectivity index (χ0v) is 26.3. The van der Waals surface area contributed by atoms with E-state index in [9.17, 15) is 18.0 Å². The molecule has 0 heterocycles. The quantitative estimate of drug-likeness (QED) is 0.195. The molecule has 0 spiro atoms. The first-order valence-electron chi connectivity index (χ1n) is 14.6. The second-order valence-corrected chi connectivity index (χ2v) is 12.9. The summed E-state index contributed by atoms with van der Waals surface area (Å²) in [5.41, 5.74) is 2.18. The van der Waals surface area contributed by atoms with Crippen LogP contribution in [0.3, 0.4) is 0 Å². The summed E-state index contributed by atoms with van der Waals surface area (Å²) < 4.78 is 34.9. The highest BCUT2D eigenvalue weighted by atomic mass is 32.2. The van der Waals surface area contributed by atoms with E-state index >= 15 is 0 Å². The fourth-order valence-electron chi connectivity index (χ4n) is 4.48. The molecule has 1 atom stereocenters. The highest BCUT2D eigenvalue weighted by Crippen LogP contribution is 2.28. The minimum Gasteiger partial charge on any atom is -0.457 e. The van der Waals surface area contributed by atoms with Gasteiger partial charge in [-0.15, -0.1) is 0 Å². The van der Waals surface area contributed by atoms with Crippen LogP contribution < -0.4 is 14.4 Å². The number of para-hydroxylation sites is 1. The minimum absolute atomic E-state index is 0.0465. The Labute approximate surface area is 260 Å². The van der Waals surface area contributed by atoms with Crippen molar-refractivity contribution in [1.82, 2.24) is 10.2 Å². The van der Waals surface area contributed by atoms with Crippen LogP contribution in [0, 0.1) is 12.8 Å².